The van der Waals surface area contributed by atoms with Gasteiger partial charge in [0.1, 0.15) is 6.07 Å². The molecule has 5 nitrogen and oxygen atoms in total. The molecule has 5 heteroatoms. The van der Waals surface area contributed by atoms with Crippen LogP contribution < -0.4 is 5.32 Å². The van der Waals surface area contributed by atoms with Gasteiger partial charge in [0.05, 0.1) is 6.10 Å². The minimum absolute atomic E-state index is 0.238. The fourth-order valence-electron chi connectivity index (χ4n) is 2.20. The Morgan fingerprint density at radius 2 is 2.12 bits per heavy atom. The van der Waals surface area contributed by atoms with E-state index in [2.05, 4.69) is 15.3 Å². The first-order valence-corrected chi connectivity index (χ1v) is 5.94. The topological polar surface area (TPSA) is 81.8 Å². The average Bonchev–Trinajstić information content (AvgIpc) is 2.38. The lowest BCUT2D eigenvalue weighted by atomic mass is 9.86. The number of hydrogen-bond donors (Lipinski definition) is 2. The van der Waals surface area contributed by atoms with Gasteiger partial charge < -0.3 is 10.4 Å². The van der Waals surface area contributed by atoms with E-state index in [9.17, 15) is 5.11 Å². The molecule has 0 spiro atoms. The Bertz CT molecular complexity index is 415. The molecule has 1 aromatic heterocycles. The van der Waals surface area contributed by atoms with Crippen molar-refractivity contribution in [1.29, 1.82) is 5.26 Å². The van der Waals surface area contributed by atoms with E-state index < -0.39 is 0 Å². The van der Waals surface area contributed by atoms with Crippen molar-refractivity contribution in [1.82, 2.24) is 9.97 Å². The molecule has 0 amide bonds. The predicted octanol–water partition coefficient (Wildman–Crippen LogP) is 1.31. The third-order valence-electron chi connectivity index (χ3n) is 3.20. The third kappa shape index (κ3) is 2.92. The Morgan fingerprint density at radius 3 is 2.88 bits per heavy atom. The number of aliphatic hydroxyl groups excluding tert-OH is 1. The number of nitrogens with zero attached hydrogens (tertiary/aromatic N) is 3. The second kappa shape index (κ2) is 5.60. The van der Waals surface area contributed by atoms with E-state index in [4.69, 9.17) is 5.26 Å². The molecule has 2 N–H and O–H groups in total. The summed E-state index contributed by atoms with van der Waals surface area (Å²) >= 11 is 0. The Morgan fingerprint density at radius 1 is 1.35 bits per heavy atom. The number of aromatic nitrogens is 2. The number of aliphatic hydroxyl groups is 1. The molecule has 2 atom stereocenters. The zero-order valence-corrected chi connectivity index (χ0v) is 9.63. The summed E-state index contributed by atoms with van der Waals surface area (Å²) in [7, 11) is 0. The van der Waals surface area contributed by atoms with Crippen LogP contribution in [0.3, 0.4) is 0 Å². The number of hydrogen-bond acceptors (Lipinski definition) is 5. The molecule has 0 saturated heterocycles. The molecule has 0 aliphatic heterocycles. The standard InChI is InChI=1S/C12H16N4O/c13-7-10-12(15-6-5-14-10)16-8-9-3-1-2-4-11(9)17/h5-6,9,11,17H,1-4,8H2,(H,15,16). The van der Waals surface area contributed by atoms with Crippen LogP contribution in [-0.2, 0) is 0 Å². The van der Waals surface area contributed by atoms with Crippen LogP contribution in [0.5, 0.6) is 0 Å². The lowest BCUT2D eigenvalue weighted by Crippen LogP contribution is -2.30. The number of anilines is 1. The smallest absolute Gasteiger partial charge is 0.182 e. The predicted molar refractivity (Wildman–Crippen MR) is 63.2 cm³/mol. The molecule has 0 bridgehead atoms. The van der Waals surface area contributed by atoms with Gasteiger partial charge in [-0.15, -0.1) is 0 Å². The molecule has 0 aromatic carbocycles. The van der Waals surface area contributed by atoms with E-state index in [1.807, 2.05) is 6.07 Å². The van der Waals surface area contributed by atoms with Crippen molar-refractivity contribution in [3.63, 3.8) is 0 Å². The molecule has 90 valence electrons. The van der Waals surface area contributed by atoms with Crippen molar-refractivity contribution in [2.45, 2.75) is 31.8 Å². The molecule has 2 rings (SSSR count). The molecule has 2 unspecified atom stereocenters. The average molecular weight is 232 g/mol. The minimum Gasteiger partial charge on any atom is -0.393 e. The highest BCUT2D eigenvalue weighted by atomic mass is 16.3. The molecule has 1 aliphatic rings. The van der Waals surface area contributed by atoms with E-state index in [0.717, 1.165) is 25.7 Å². The van der Waals surface area contributed by atoms with Crippen LogP contribution in [0.4, 0.5) is 5.82 Å². The molecule has 1 aromatic rings. The van der Waals surface area contributed by atoms with E-state index in [-0.39, 0.29) is 12.0 Å². The summed E-state index contributed by atoms with van der Waals surface area (Å²) in [5, 5.41) is 21.8. The van der Waals surface area contributed by atoms with Gasteiger partial charge >= 0.3 is 0 Å². The number of nitriles is 1. The minimum atomic E-state index is -0.238. The van der Waals surface area contributed by atoms with E-state index in [0.29, 0.717) is 18.1 Å². The van der Waals surface area contributed by atoms with E-state index in [1.54, 1.807) is 6.20 Å². The van der Waals surface area contributed by atoms with E-state index in [1.165, 1.54) is 6.20 Å². The summed E-state index contributed by atoms with van der Waals surface area (Å²) in [4.78, 5) is 8.01. The largest absolute Gasteiger partial charge is 0.393 e. The number of nitrogens with one attached hydrogen (secondary N) is 1. The first-order chi connectivity index (χ1) is 8.31. The highest BCUT2D eigenvalue weighted by molar-refractivity contribution is 5.46. The van der Waals surface area contributed by atoms with E-state index >= 15 is 0 Å². The maximum atomic E-state index is 9.83. The second-order valence-corrected chi connectivity index (χ2v) is 4.36. The van der Waals surface area contributed by atoms with Crippen molar-refractivity contribution < 1.29 is 5.11 Å². The summed E-state index contributed by atoms with van der Waals surface area (Å²) in [5.41, 5.74) is 0.304. The highest BCUT2D eigenvalue weighted by Gasteiger charge is 2.23. The molecule has 1 heterocycles. The van der Waals surface area contributed by atoms with Crippen molar-refractivity contribution in [3.8, 4) is 6.07 Å². The van der Waals surface area contributed by atoms with Gasteiger partial charge in [-0.1, -0.05) is 12.8 Å². The van der Waals surface area contributed by atoms with Crippen LogP contribution in [0.2, 0.25) is 0 Å². The molecular weight excluding hydrogens is 216 g/mol. The van der Waals surface area contributed by atoms with Crippen molar-refractivity contribution in [2.75, 3.05) is 11.9 Å². The van der Waals surface area contributed by atoms with Crippen molar-refractivity contribution in [2.24, 2.45) is 5.92 Å². The SMILES string of the molecule is N#Cc1nccnc1NCC1CCCCC1O. The third-order valence-corrected chi connectivity index (χ3v) is 3.20. The quantitative estimate of drug-likeness (QED) is 0.821. The Balaban J connectivity index is 1.95. The Hall–Kier alpha value is -1.67. The van der Waals surface area contributed by atoms with Crippen LogP contribution in [-0.4, -0.2) is 27.7 Å². The lowest BCUT2D eigenvalue weighted by Gasteiger charge is -2.27. The zero-order valence-electron chi connectivity index (χ0n) is 9.63. The molecule has 1 saturated carbocycles. The summed E-state index contributed by atoms with van der Waals surface area (Å²) in [6.45, 7) is 0.647. The summed E-state index contributed by atoms with van der Waals surface area (Å²) in [6, 6.07) is 2.00. The molecule has 1 aliphatic carbocycles. The second-order valence-electron chi connectivity index (χ2n) is 4.36. The molecule has 0 radical (unpaired) electrons. The van der Waals surface area contributed by atoms with Crippen molar-refractivity contribution >= 4 is 5.82 Å². The van der Waals surface area contributed by atoms with Crippen LogP contribution in [0.1, 0.15) is 31.4 Å². The van der Waals surface area contributed by atoms with Gasteiger partial charge in [-0.25, -0.2) is 9.97 Å². The molecule has 17 heavy (non-hydrogen) atoms. The van der Waals surface area contributed by atoms with Gasteiger partial charge in [0.2, 0.25) is 0 Å². The number of rotatable bonds is 3. The van der Waals surface area contributed by atoms with Gasteiger partial charge in [-0.2, -0.15) is 5.26 Å². The fourth-order valence-corrected chi connectivity index (χ4v) is 2.20. The Labute approximate surface area is 101 Å². The first-order valence-electron chi connectivity index (χ1n) is 5.94. The van der Waals surface area contributed by atoms with Crippen LogP contribution in [0.25, 0.3) is 0 Å². The van der Waals surface area contributed by atoms with Crippen LogP contribution >= 0.6 is 0 Å². The molecule has 1 fully saturated rings. The normalized spacial score (nSPS) is 24.0. The maximum absolute atomic E-state index is 9.83. The summed E-state index contributed by atoms with van der Waals surface area (Å²) in [6.07, 6.45) is 6.98. The maximum Gasteiger partial charge on any atom is 0.182 e. The van der Waals surface area contributed by atoms with Gasteiger partial charge in [-0.3, -0.25) is 0 Å². The monoisotopic (exact) mass is 232 g/mol. The van der Waals surface area contributed by atoms with Gasteiger partial charge in [0, 0.05) is 24.9 Å². The molecular formula is C12H16N4O. The van der Waals surface area contributed by atoms with Gasteiger partial charge in [0.25, 0.3) is 0 Å². The Kier molecular flexibility index (Phi) is 3.89. The van der Waals surface area contributed by atoms with Crippen LogP contribution in [0.15, 0.2) is 12.4 Å². The first kappa shape index (κ1) is 11.8. The van der Waals surface area contributed by atoms with Gasteiger partial charge in [0.15, 0.2) is 11.5 Å². The lowest BCUT2D eigenvalue weighted by molar-refractivity contribution is 0.0763. The van der Waals surface area contributed by atoms with Gasteiger partial charge in [-0.05, 0) is 12.8 Å². The summed E-state index contributed by atoms with van der Waals surface area (Å²) < 4.78 is 0. The highest BCUT2D eigenvalue weighted by Crippen LogP contribution is 2.24. The fraction of sp³-hybridized carbons (Fsp3) is 0.583. The zero-order chi connectivity index (χ0) is 12.1. The van der Waals surface area contributed by atoms with Crippen LogP contribution in [0, 0.1) is 17.2 Å². The summed E-state index contributed by atoms with van der Waals surface area (Å²) in [5.74, 6) is 0.755. The van der Waals surface area contributed by atoms with Crippen molar-refractivity contribution in [3.05, 3.63) is 18.1 Å².